The summed E-state index contributed by atoms with van der Waals surface area (Å²) in [6, 6.07) is 5.23. The molecule has 0 atom stereocenters. The molecule has 0 aliphatic carbocycles. The molecule has 0 aliphatic rings. The molecular weight excluding hydrogens is 230 g/mol. The van der Waals surface area contributed by atoms with Gasteiger partial charge in [0, 0.05) is 32.1 Å². The Morgan fingerprint density at radius 3 is 2.72 bits per heavy atom. The van der Waals surface area contributed by atoms with E-state index in [0.717, 1.165) is 12.4 Å². The zero-order valence-corrected chi connectivity index (χ0v) is 10.3. The SMILES string of the molecule is CCNc1ccc(C(=O)Nc2ccn(C)n2)cn1. The molecule has 0 unspecified atom stereocenters. The van der Waals surface area contributed by atoms with E-state index in [-0.39, 0.29) is 5.91 Å². The van der Waals surface area contributed by atoms with Crippen molar-refractivity contribution >= 4 is 17.5 Å². The maximum atomic E-state index is 11.9. The summed E-state index contributed by atoms with van der Waals surface area (Å²) in [5.41, 5.74) is 0.502. The van der Waals surface area contributed by atoms with Gasteiger partial charge in [0.2, 0.25) is 0 Å². The van der Waals surface area contributed by atoms with E-state index in [2.05, 4.69) is 20.7 Å². The Morgan fingerprint density at radius 2 is 2.17 bits per heavy atom. The zero-order chi connectivity index (χ0) is 13.0. The first-order chi connectivity index (χ1) is 8.69. The van der Waals surface area contributed by atoms with Crippen molar-refractivity contribution in [2.24, 2.45) is 7.05 Å². The Morgan fingerprint density at radius 1 is 1.33 bits per heavy atom. The minimum absolute atomic E-state index is 0.218. The van der Waals surface area contributed by atoms with Crippen LogP contribution in [0.3, 0.4) is 0 Å². The third-order valence-electron chi connectivity index (χ3n) is 2.34. The minimum atomic E-state index is -0.218. The summed E-state index contributed by atoms with van der Waals surface area (Å²) in [5, 5.41) is 9.84. The first-order valence-corrected chi connectivity index (χ1v) is 5.70. The highest BCUT2D eigenvalue weighted by atomic mass is 16.1. The molecule has 0 bridgehead atoms. The number of nitrogens with zero attached hydrogens (tertiary/aromatic N) is 3. The van der Waals surface area contributed by atoms with E-state index >= 15 is 0 Å². The van der Waals surface area contributed by atoms with Crippen LogP contribution in [-0.4, -0.2) is 27.2 Å². The zero-order valence-electron chi connectivity index (χ0n) is 10.3. The van der Waals surface area contributed by atoms with Crippen molar-refractivity contribution in [2.45, 2.75) is 6.92 Å². The predicted molar refractivity (Wildman–Crippen MR) is 69.6 cm³/mol. The Bertz CT molecular complexity index is 532. The standard InChI is InChI=1S/C12H15N5O/c1-3-13-10-5-4-9(8-14-10)12(18)15-11-6-7-17(2)16-11/h4-8H,3H2,1-2H3,(H,13,14)(H,15,16,18). The lowest BCUT2D eigenvalue weighted by atomic mass is 10.2. The summed E-state index contributed by atoms with van der Waals surface area (Å²) >= 11 is 0. The van der Waals surface area contributed by atoms with Crippen LogP contribution in [0.1, 0.15) is 17.3 Å². The van der Waals surface area contributed by atoms with Gasteiger partial charge in [0.1, 0.15) is 5.82 Å². The average molecular weight is 245 g/mol. The van der Waals surface area contributed by atoms with Crippen LogP contribution in [0.25, 0.3) is 0 Å². The van der Waals surface area contributed by atoms with Crippen molar-refractivity contribution in [3.8, 4) is 0 Å². The molecule has 18 heavy (non-hydrogen) atoms. The van der Waals surface area contributed by atoms with Crippen LogP contribution in [-0.2, 0) is 7.05 Å². The van der Waals surface area contributed by atoms with Crippen LogP contribution in [0, 0.1) is 0 Å². The molecule has 0 fully saturated rings. The highest BCUT2D eigenvalue weighted by molar-refractivity contribution is 6.03. The van der Waals surface area contributed by atoms with Gasteiger partial charge in [-0.1, -0.05) is 0 Å². The van der Waals surface area contributed by atoms with Crippen molar-refractivity contribution < 1.29 is 4.79 Å². The molecule has 2 N–H and O–H groups in total. The molecule has 6 nitrogen and oxygen atoms in total. The van der Waals surface area contributed by atoms with Gasteiger partial charge in [-0.3, -0.25) is 9.48 Å². The summed E-state index contributed by atoms with van der Waals surface area (Å²) < 4.78 is 1.63. The van der Waals surface area contributed by atoms with Gasteiger partial charge < -0.3 is 10.6 Å². The number of rotatable bonds is 4. The summed E-state index contributed by atoms with van der Waals surface area (Å²) in [6.07, 6.45) is 3.30. The van der Waals surface area contributed by atoms with Gasteiger partial charge in [0.05, 0.1) is 5.56 Å². The van der Waals surface area contributed by atoms with Crippen molar-refractivity contribution in [1.82, 2.24) is 14.8 Å². The fraction of sp³-hybridized carbons (Fsp3) is 0.250. The summed E-state index contributed by atoms with van der Waals surface area (Å²) in [6.45, 7) is 2.79. The lowest BCUT2D eigenvalue weighted by Crippen LogP contribution is -2.13. The van der Waals surface area contributed by atoms with E-state index in [4.69, 9.17) is 0 Å². The molecule has 0 aromatic carbocycles. The number of hydrogen-bond acceptors (Lipinski definition) is 4. The predicted octanol–water partition coefficient (Wildman–Crippen LogP) is 1.50. The Hall–Kier alpha value is -2.37. The van der Waals surface area contributed by atoms with Gasteiger partial charge in [0.25, 0.3) is 5.91 Å². The Balaban J connectivity index is 2.04. The maximum absolute atomic E-state index is 11.9. The Labute approximate surface area is 105 Å². The fourth-order valence-electron chi connectivity index (χ4n) is 1.48. The molecular formula is C12H15N5O. The van der Waals surface area contributed by atoms with Crippen molar-refractivity contribution in [2.75, 3.05) is 17.2 Å². The van der Waals surface area contributed by atoms with Crippen LogP contribution in [0.5, 0.6) is 0 Å². The molecule has 6 heteroatoms. The van der Waals surface area contributed by atoms with Crippen LogP contribution in [0.4, 0.5) is 11.6 Å². The number of amides is 1. The summed E-state index contributed by atoms with van der Waals surface area (Å²) in [7, 11) is 1.79. The second kappa shape index (κ2) is 5.31. The largest absolute Gasteiger partial charge is 0.370 e. The molecule has 0 aliphatic heterocycles. The number of carbonyl (C=O) groups excluding carboxylic acids is 1. The number of aryl methyl sites for hydroxylation is 1. The number of carbonyl (C=O) groups is 1. The van der Waals surface area contributed by atoms with Gasteiger partial charge in [0.15, 0.2) is 5.82 Å². The maximum Gasteiger partial charge on any atom is 0.258 e. The Kier molecular flexibility index (Phi) is 3.57. The van der Waals surface area contributed by atoms with Crippen molar-refractivity contribution in [1.29, 1.82) is 0 Å². The molecule has 0 saturated heterocycles. The molecule has 0 saturated carbocycles. The number of anilines is 2. The molecule has 2 aromatic rings. The molecule has 2 rings (SSSR count). The lowest BCUT2D eigenvalue weighted by molar-refractivity contribution is 0.102. The van der Waals surface area contributed by atoms with Gasteiger partial charge >= 0.3 is 0 Å². The van der Waals surface area contributed by atoms with E-state index in [1.807, 2.05) is 6.92 Å². The van der Waals surface area contributed by atoms with Crippen LogP contribution < -0.4 is 10.6 Å². The molecule has 94 valence electrons. The van der Waals surface area contributed by atoms with E-state index in [1.165, 1.54) is 6.20 Å². The van der Waals surface area contributed by atoms with Crippen molar-refractivity contribution in [3.05, 3.63) is 36.2 Å². The summed E-state index contributed by atoms with van der Waals surface area (Å²) in [5.74, 6) is 1.06. The highest BCUT2D eigenvalue weighted by Crippen LogP contribution is 2.08. The second-order valence-electron chi connectivity index (χ2n) is 3.79. The quantitative estimate of drug-likeness (QED) is 0.856. The topological polar surface area (TPSA) is 71.8 Å². The van der Waals surface area contributed by atoms with E-state index < -0.39 is 0 Å². The fourth-order valence-corrected chi connectivity index (χ4v) is 1.48. The number of hydrogen-bond donors (Lipinski definition) is 2. The van der Waals surface area contributed by atoms with Gasteiger partial charge in [-0.05, 0) is 19.1 Å². The number of pyridine rings is 1. The van der Waals surface area contributed by atoms with Crippen molar-refractivity contribution in [3.63, 3.8) is 0 Å². The first-order valence-electron chi connectivity index (χ1n) is 5.70. The van der Waals surface area contributed by atoms with Gasteiger partial charge in [-0.15, -0.1) is 0 Å². The molecule has 1 amide bonds. The third-order valence-corrected chi connectivity index (χ3v) is 2.34. The minimum Gasteiger partial charge on any atom is -0.370 e. The smallest absolute Gasteiger partial charge is 0.258 e. The number of aromatic nitrogens is 3. The lowest BCUT2D eigenvalue weighted by Gasteiger charge is -2.04. The van der Waals surface area contributed by atoms with Gasteiger partial charge in [-0.2, -0.15) is 5.10 Å². The molecule has 0 spiro atoms. The number of nitrogens with one attached hydrogen (secondary N) is 2. The van der Waals surface area contributed by atoms with Crippen LogP contribution >= 0.6 is 0 Å². The monoisotopic (exact) mass is 245 g/mol. The molecule has 2 aromatic heterocycles. The second-order valence-corrected chi connectivity index (χ2v) is 3.79. The average Bonchev–Trinajstić information content (AvgIpc) is 2.76. The normalized spacial score (nSPS) is 10.1. The van der Waals surface area contributed by atoms with E-state index in [0.29, 0.717) is 11.4 Å². The van der Waals surface area contributed by atoms with Crippen LogP contribution in [0.2, 0.25) is 0 Å². The van der Waals surface area contributed by atoms with Gasteiger partial charge in [-0.25, -0.2) is 4.98 Å². The molecule has 2 heterocycles. The first kappa shape index (κ1) is 12.1. The third kappa shape index (κ3) is 2.85. The van der Waals surface area contributed by atoms with E-state index in [1.54, 1.807) is 36.1 Å². The van der Waals surface area contributed by atoms with E-state index in [9.17, 15) is 4.79 Å². The van der Waals surface area contributed by atoms with Crippen LogP contribution in [0.15, 0.2) is 30.6 Å². The summed E-state index contributed by atoms with van der Waals surface area (Å²) in [4.78, 5) is 16.0. The highest BCUT2D eigenvalue weighted by Gasteiger charge is 2.07. The molecule has 0 radical (unpaired) electrons.